The van der Waals surface area contributed by atoms with Crippen molar-refractivity contribution in [3.63, 3.8) is 0 Å². The fourth-order valence-corrected chi connectivity index (χ4v) is 2.64. The van der Waals surface area contributed by atoms with Crippen molar-refractivity contribution in [2.75, 3.05) is 17.2 Å². The number of hydrogen-bond acceptors (Lipinski definition) is 4. The number of carbonyl (C=O) groups is 2. The molecule has 0 aliphatic heterocycles. The summed E-state index contributed by atoms with van der Waals surface area (Å²) in [5.41, 5.74) is 2.49. The minimum Gasteiger partial charge on any atom is -0.483 e. The number of carbonyl (C=O) groups excluding carboxylic acids is 2. The van der Waals surface area contributed by atoms with E-state index in [1.165, 1.54) is 0 Å². The number of nitrogens with one attached hydrogen (secondary N) is 2. The summed E-state index contributed by atoms with van der Waals surface area (Å²) in [5.74, 6) is -0.350. The van der Waals surface area contributed by atoms with Gasteiger partial charge in [0.2, 0.25) is 0 Å². The van der Waals surface area contributed by atoms with Gasteiger partial charge in [-0.2, -0.15) is 5.26 Å². The molecule has 0 unspecified atom stereocenters. The van der Waals surface area contributed by atoms with Crippen molar-refractivity contribution in [3.05, 3.63) is 90.0 Å². The molecule has 0 aliphatic rings. The third-order valence-electron chi connectivity index (χ3n) is 4.04. The van der Waals surface area contributed by atoms with E-state index in [2.05, 4.69) is 16.7 Å². The molecule has 3 aromatic rings. The first-order valence-electron chi connectivity index (χ1n) is 8.99. The standard InChI is InChI=1S/C23H19N3O3/c24-15-14-17-10-12-19(13-11-17)25-22(27)16-29-21-9-5-4-8-20(21)23(28)26-18-6-2-1-3-7-18/h1-13H,14,16H2,(H,25,27)(H,26,28). The molecular weight excluding hydrogens is 366 g/mol. The molecule has 2 amide bonds. The molecule has 0 spiro atoms. The Labute approximate surface area is 168 Å². The van der Waals surface area contributed by atoms with E-state index in [4.69, 9.17) is 10.00 Å². The minimum absolute atomic E-state index is 0.240. The SMILES string of the molecule is N#CCc1ccc(NC(=O)COc2ccccc2C(=O)Nc2ccccc2)cc1. The normalized spacial score (nSPS) is 9.90. The van der Waals surface area contributed by atoms with Gasteiger partial charge in [0.15, 0.2) is 6.61 Å². The Morgan fingerprint density at radius 2 is 1.48 bits per heavy atom. The van der Waals surface area contributed by atoms with Crippen LogP contribution in [-0.2, 0) is 11.2 Å². The van der Waals surface area contributed by atoms with E-state index < -0.39 is 0 Å². The molecule has 0 saturated carbocycles. The van der Waals surface area contributed by atoms with Crippen molar-refractivity contribution in [3.8, 4) is 11.8 Å². The van der Waals surface area contributed by atoms with E-state index in [1.807, 2.05) is 18.2 Å². The van der Waals surface area contributed by atoms with Gasteiger partial charge in [0.05, 0.1) is 18.1 Å². The number of para-hydroxylation sites is 2. The highest BCUT2D eigenvalue weighted by Crippen LogP contribution is 2.20. The van der Waals surface area contributed by atoms with Crippen molar-refractivity contribution in [2.24, 2.45) is 0 Å². The maximum absolute atomic E-state index is 12.5. The zero-order valence-corrected chi connectivity index (χ0v) is 15.6. The molecule has 144 valence electrons. The minimum atomic E-state index is -0.351. The summed E-state index contributed by atoms with van der Waals surface area (Å²) >= 11 is 0. The lowest BCUT2D eigenvalue weighted by atomic mass is 10.1. The molecule has 0 heterocycles. The summed E-state index contributed by atoms with van der Waals surface area (Å²) in [5, 5.41) is 14.2. The van der Waals surface area contributed by atoms with Gasteiger partial charge in [0, 0.05) is 11.4 Å². The number of nitriles is 1. The van der Waals surface area contributed by atoms with Crippen LogP contribution >= 0.6 is 0 Å². The molecule has 6 nitrogen and oxygen atoms in total. The van der Waals surface area contributed by atoms with Crippen LogP contribution in [0.4, 0.5) is 11.4 Å². The molecule has 0 atom stereocenters. The molecule has 29 heavy (non-hydrogen) atoms. The highest BCUT2D eigenvalue weighted by atomic mass is 16.5. The number of anilines is 2. The third-order valence-corrected chi connectivity index (χ3v) is 4.04. The maximum Gasteiger partial charge on any atom is 0.262 e. The van der Waals surface area contributed by atoms with Crippen LogP contribution in [0.3, 0.4) is 0 Å². The first kappa shape index (κ1) is 19.6. The predicted molar refractivity (Wildman–Crippen MR) is 111 cm³/mol. The van der Waals surface area contributed by atoms with Gasteiger partial charge in [-0.25, -0.2) is 0 Å². The lowest BCUT2D eigenvalue weighted by molar-refractivity contribution is -0.118. The largest absolute Gasteiger partial charge is 0.483 e. The van der Waals surface area contributed by atoms with Crippen LogP contribution in [0.15, 0.2) is 78.9 Å². The monoisotopic (exact) mass is 385 g/mol. The van der Waals surface area contributed by atoms with Gasteiger partial charge in [-0.1, -0.05) is 42.5 Å². The fraction of sp³-hybridized carbons (Fsp3) is 0.0870. The molecular formula is C23H19N3O3. The van der Waals surface area contributed by atoms with Crippen molar-refractivity contribution in [1.82, 2.24) is 0 Å². The van der Waals surface area contributed by atoms with Crippen molar-refractivity contribution in [1.29, 1.82) is 5.26 Å². The van der Waals surface area contributed by atoms with Gasteiger partial charge in [-0.05, 0) is 42.0 Å². The van der Waals surface area contributed by atoms with Crippen LogP contribution in [0.25, 0.3) is 0 Å². The summed E-state index contributed by atoms with van der Waals surface area (Å²) in [7, 11) is 0. The first-order valence-corrected chi connectivity index (χ1v) is 8.99. The Morgan fingerprint density at radius 3 is 2.21 bits per heavy atom. The number of rotatable bonds is 7. The van der Waals surface area contributed by atoms with Gasteiger partial charge in [-0.3, -0.25) is 9.59 Å². The van der Waals surface area contributed by atoms with E-state index in [0.717, 1.165) is 5.56 Å². The zero-order chi connectivity index (χ0) is 20.5. The number of ether oxygens (including phenoxy) is 1. The number of benzene rings is 3. The number of nitrogens with zero attached hydrogens (tertiary/aromatic N) is 1. The van der Waals surface area contributed by atoms with E-state index in [1.54, 1.807) is 60.7 Å². The van der Waals surface area contributed by atoms with Gasteiger partial charge >= 0.3 is 0 Å². The molecule has 3 aromatic carbocycles. The van der Waals surface area contributed by atoms with Gasteiger partial charge in [0.25, 0.3) is 11.8 Å². The molecule has 0 bridgehead atoms. The Kier molecular flexibility index (Phi) is 6.58. The van der Waals surface area contributed by atoms with Crippen LogP contribution in [0.5, 0.6) is 5.75 Å². The first-order chi connectivity index (χ1) is 14.2. The topological polar surface area (TPSA) is 91.2 Å². The predicted octanol–water partition coefficient (Wildman–Crippen LogP) is 4.02. The van der Waals surface area contributed by atoms with Crippen LogP contribution in [0, 0.1) is 11.3 Å². The van der Waals surface area contributed by atoms with Crippen molar-refractivity contribution in [2.45, 2.75) is 6.42 Å². The molecule has 3 rings (SSSR count). The number of hydrogen-bond donors (Lipinski definition) is 2. The molecule has 0 radical (unpaired) electrons. The lowest BCUT2D eigenvalue weighted by Crippen LogP contribution is -2.21. The van der Waals surface area contributed by atoms with E-state index in [0.29, 0.717) is 29.1 Å². The van der Waals surface area contributed by atoms with Crippen molar-refractivity contribution < 1.29 is 14.3 Å². The average Bonchev–Trinajstić information content (AvgIpc) is 2.75. The van der Waals surface area contributed by atoms with E-state index >= 15 is 0 Å². The Hall–Kier alpha value is -4.11. The molecule has 0 saturated heterocycles. The third kappa shape index (κ3) is 5.68. The molecule has 0 aromatic heterocycles. The summed E-state index contributed by atoms with van der Waals surface area (Å²) in [6.07, 6.45) is 0.319. The summed E-state index contributed by atoms with van der Waals surface area (Å²) in [6, 6.07) is 24.9. The maximum atomic E-state index is 12.5. The summed E-state index contributed by atoms with van der Waals surface area (Å²) in [4.78, 5) is 24.7. The van der Waals surface area contributed by atoms with Crippen LogP contribution in [0.1, 0.15) is 15.9 Å². The quantitative estimate of drug-likeness (QED) is 0.643. The second-order valence-corrected chi connectivity index (χ2v) is 6.18. The van der Waals surface area contributed by atoms with Crippen LogP contribution in [0.2, 0.25) is 0 Å². The summed E-state index contributed by atoms with van der Waals surface area (Å²) in [6.45, 7) is -0.240. The lowest BCUT2D eigenvalue weighted by Gasteiger charge is -2.12. The molecule has 0 aliphatic carbocycles. The summed E-state index contributed by atoms with van der Waals surface area (Å²) < 4.78 is 5.58. The van der Waals surface area contributed by atoms with Crippen molar-refractivity contribution >= 4 is 23.2 Å². The number of amides is 2. The van der Waals surface area contributed by atoms with Gasteiger partial charge in [0.1, 0.15) is 5.75 Å². The second-order valence-electron chi connectivity index (χ2n) is 6.18. The fourth-order valence-electron chi connectivity index (χ4n) is 2.64. The second kappa shape index (κ2) is 9.72. The molecule has 0 fully saturated rings. The van der Waals surface area contributed by atoms with Crippen LogP contribution < -0.4 is 15.4 Å². The van der Waals surface area contributed by atoms with E-state index in [9.17, 15) is 9.59 Å². The molecule has 6 heteroatoms. The van der Waals surface area contributed by atoms with Gasteiger partial charge < -0.3 is 15.4 Å². The van der Waals surface area contributed by atoms with E-state index in [-0.39, 0.29) is 18.4 Å². The molecule has 2 N–H and O–H groups in total. The van der Waals surface area contributed by atoms with Crippen LogP contribution in [-0.4, -0.2) is 18.4 Å². The Bertz CT molecular complexity index is 1030. The Morgan fingerprint density at radius 1 is 0.828 bits per heavy atom. The zero-order valence-electron chi connectivity index (χ0n) is 15.6. The van der Waals surface area contributed by atoms with Gasteiger partial charge in [-0.15, -0.1) is 0 Å². The smallest absolute Gasteiger partial charge is 0.262 e. The highest BCUT2D eigenvalue weighted by Gasteiger charge is 2.13. The highest BCUT2D eigenvalue weighted by molar-refractivity contribution is 6.06. The Balaban J connectivity index is 1.59. The average molecular weight is 385 g/mol.